The van der Waals surface area contributed by atoms with Gasteiger partial charge in [0.1, 0.15) is 6.54 Å². The Balaban J connectivity index is 1.68. The number of amides is 3. The smallest absolute Gasteiger partial charge is 0.325 e. The van der Waals surface area contributed by atoms with Crippen LogP contribution in [0.3, 0.4) is 0 Å². The summed E-state index contributed by atoms with van der Waals surface area (Å²) in [7, 11) is 4.19. The highest BCUT2D eigenvalue weighted by Crippen LogP contribution is 2.60. The third-order valence-corrected chi connectivity index (χ3v) is 7.16. The first-order valence-corrected chi connectivity index (χ1v) is 10.1. The minimum atomic E-state index is -0.503. The summed E-state index contributed by atoms with van der Waals surface area (Å²) in [6, 6.07) is 10.3. The van der Waals surface area contributed by atoms with E-state index < -0.39 is 11.4 Å². The minimum Gasteiger partial charge on any atom is -0.368 e. The van der Waals surface area contributed by atoms with E-state index in [1.165, 1.54) is 29.7 Å². The van der Waals surface area contributed by atoms with Gasteiger partial charge in [-0.25, -0.2) is 4.79 Å². The molecule has 4 rings (SSSR count). The number of rotatable bonds is 6. The average molecular weight is 383 g/mol. The van der Waals surface area contributed by atoms with Crippen LogP contribution in [0.4, 0.5) is 4.79 Å². The van der Waals surface area contributed by atoms with Gasteiger partial charge >= 0.3 is 6.03 Å². The number of hydrogen-bond acceptors (Lipinski definition) is 3. The summed E-state index contributed by atoms with van der Waals surface area (Å²) in [4.78, 5) is 30.6. The quantitative estimate of drug-likeness (QED) is 0.822. The minimum absolute atomic E-state index is 0.0963. The molecular weight excluding hydrogens is 352 g/mol. The van der Waals surface area contributed by atoms with Crippen LogP contribution in [0.1, 0.15) is 37.7 Å². The van der Waals surface area contributed by atoms with Crippen LogP contribution in [-0.4, -0.2) is 59.4 Å². The van der Waals surface area contributed by atoms with Gasteiger partial charge in [-0.3, -0.25) is 14.6 Å². The van der Waals surface area contributed by atoms with Crippen molar-refractivity contribution in [2.45, 2.75) is 43.2 Å². The second-order valence-corrected chi connectivity index (χ2v) is 8.87. The van der Waals surface area contributed by atoms with Crippen molar-refractivity contribution in [2.75, 3.05) is 27.2 Å². The molecule has 3 aliphatic rings. The summed E-state index contributed by atoms with van der Waals surface area (Å²) >= 11 is 0. The van der Waals surface area contributed by atoms with E-state index in [9.17, 15) is 9.59 Å². The second-order valence-electron chi connectivity index (χ2n) is 8.87. The molecule has 0 radical (unpaired) electrons. The molecular formula is C22H30N4O2. The Morgan fingerprint density at radius 1 is 1.25 bits per heavy atom. The van der Waals surface area contributed by atoms with Crippen LogP contribution in [-0.2, 0) is 10.3 Å². The van der Waals surface area contributed by atoms with Crippen LogP contribution < -0.4 is 5.73 Å². The summed E-state index contributed by atoms with van der Waals surface area (Å²) in [6.45, 7) is 4.92. The van der Waals surface area contributed by atoms with Crippen molar-refractivity contribution in [3.63, 3.8) is 0 Å². The topological polar surface area (TPSA) is 69.9 Å². The molecule has 150 valence electrons. The van der Waals surface area contributed by atoms with Crippen LogP contribution in [0.25, 0.3) is 0 Å². The molecule has 0 unspecified atom stereocenters. The lowest BCUT2D eigenvalue weighted by Crippen LogP contribution is -2.67. The van der Waals surface area contributed by atoms with E-state index in [-0.39, 0.29) is 18.1 Å². The van der Waals surface area contributed by atoms with Gasteiger partial charge in [0.25, 0.3) is 0 Å². The molecule has 1 aromatic carbocycles. The predicted molar refractivity (Wildman–Crippen MR) is 108 cm³/mol. The van der Waals surface area contributed by atoms with Gasteiger partial charge in [0.2, 0.25) is 5.91 Å². The van der Waals surface area contributed by atoms with Crippen LogP contribution in [0.2, 0.25) is 0 Å². The first-order valence-electron chi connectivity index (χ1n) is 10.1. The molecule has 6 nitrogen and oxygen atoms in total. The predicted octanol–water partition coefficient (Wildman–Crippen LogP) is 2.51. The van der Waals surface area contributed by atoms with Crippen LogP contribution in [0.15, 0.2) is 42.6 Å². The van der Waals surface area contributed by atoms with Crippen molar-refractivity contribution < 1.29 is 9.59 Å². The van der Waals surface area contributed by atoms with E-state index in [2.05, 4.69) is 49.8 Å². The summed E-state index contributed by atoms with van der Waals surface area (Å²) in [5.74, 6) is 0.0460. The van der Waals surface area contributed by atoms with Gasteiger partial charge in [0.05, 0.1) is 11.1 Å². The van der Waals surface area contributed by atoms with Crippen LogP contribution in [0, 0.1) is 5.92 Å². The Morgan fingerprint density at radius 3 is 2.39 bits per heavy atom. The molecule has 0 bridgehead atoms. The Morgan fingerprint density at radius 2 is 1.89 bits per heavy atom. The van der Waals surface area contributed by atoms with E-state index in [1.807, 2.05) is 11.0 Å². The highest BCUT2D eigenvalue weighted by atomic mass is 16.2. The molecule has 28 heavy (non-hydrogen) atoms. The van der Waals surface area contributed by atoms with Crippen molar-refractivity contribution in [3.05, 3.63) is 48.2 Å². The lowest BCUT2D eigenvalue weighted by atomic mass is 9.57. The van der Waals surface area contributed by atoms with Crippen molar-refractivity contribution in [3.8, 4) is 0 Å². The highest BCUT2D eigenvalue weighted by molar-refractivity contribution is 5.88. The van der Waals surface area contributed by atoms with Gasteiger partial charge in [0.15, 0.2) is 0 Å². The zero-order valence-electron chi connectivity index (χ0n) is 16.9. The molecule has 3 fully saturated rings. The van der Waals surface area contributed by atoms with E-state index >= 15 is 0 Å². The molecule has 2 N–H and O–H groups in total. The first-order chi connectivity index (χ1) is 13.3. The standard InChI is InChI=1S/C22H30N4O2/c1-16-21(14-22(15-21,24(2)3)18-10-5-4-6-11-18)26(12-17-8-7-9-17)20(28)25(16)13-19(23)27/h4-6,10-11,17H,1,7-9,12-15H2,2-3H3,(H2,23,27)/t21-,22+. The first kappa shape index (κ1) is 19.0. The van der Waals surface area contributed by atoms with Crippen LogP contribution >= 0.6 is 0 Å². The third kappa shape index (κ3) is 2.65. The maximum Gasteiger partial charge on any atom is 0.325 e. The van der Waals surface area contributed by atoms with Crippen molar-refractivity contribution in [1.82, 2.24) is 14.7 Å². The number of nitrogens with two attached hydrogens (primary N) is 1. The van der Waals surface area contributed by atoms with Gasteiger partial charge < -0.3 is 10.6 Å². The van der Waals surface area contributed by atoms with Gasteiger partial charge in [-0.1, -0.05) is 43.3 Å². The van der Waals surface area contributed by atoms with E-state index in [1.54, 1.807) is 0 Å². The third-order valence-electron chi connectivity index (χ3n) is 7.16. The van der Waals surface area contributed by atoms with Crippen LogP contribution in [0.5, 0.6) is 0 Å². The van der Waals surface area contributed by atoms with Gasteiger partial charge in [-0.2, -0.15) is 0 Å². The summed E-state index contributed by atoms with van der Waals surface area (Å²) in [5, 5.41) is 0. The number of carbonyl (C=O) groups is 2. The molecule has 6 heteroatoms. The zero-order valence-corrected chi connectivity index (χ0v) is 16.9. The maximum atomic E-state index is 13.2. The Hall–Kier alpha value is -2.34. The summed E-state index contributed by atoms with van der Waals surface area (Å²) in [5.41, 5.74) is 6.82. The van der Waals surface area contributed by atoms with Crippen molar-refractivity contribution in [2.24, 2.45) is 11.7 Å². The maximum absolute atomic E-state index is 13.2. The lowest BCUT2D eigenvalue weighted by Gasteiger charge is -2.61. The SMILES string of the molecule is C=C1N(CC(N)=O)C(=O)N(CC2CCC2)[C@]12C[C@@](c1ccccc1)(N(C)C)C2. The number of primary amides is 1. The number of urea groups is 1. The van der Waals surface area contributed by atoms with E-state index in [0.717, 1.165) is 25.1 Å². The Kier molecular flexibility index (Phi) is 4.49. The summed E-state index contributed by atoms with van der Waals surface area (Å²) < 4.78 is 0. The number of nitrogens with zero attached hydrogens (tertiary/aromatic N) is 3. The fourth-order valence-electron chi connectivity index (χ4n) is 5.19. The Bertz CT molecular complexity index is 794. The molecule has 1 saturated heterocycles. The van der Waals surface area contributed by atoms with Gasteiger partial charge in [-0.15, -0.1) is 0 Å². The van der Waals surface area contributed by atoms with E-state index in [0.29, 0.717) is 5.92 Å². The molecule has 0 aromatic heterocycles. The molecule has 2 saturated carbocycles. The number of benzene rings is 1. The van der Waals surface area contributed by atoms with Gasteiger partial charge in [-0.05, 0) is 51.3 Å². The van der Waals surface area contributed by atoms with Crippen molar-refractivity contribution >= 4 is 11.9 Å². The molecule has 1 heterocycles. The lowest BCUT2D eigenvalue weighted by molar-refractivity contribution is -0.118. The Labute approximate surface area is 167 Å². The largest absolute Gasteiger partial charge is 0.368 e. The molecule has 1 aromatic rings. The van der Waals surface area contributed by atoms with Crippen molar-refractivity contribution in [1.29, 1.82) is 0 Å². The monoisotopic (exact) mass is 382 g/mol. The second kappa shape index (κ2) is 6.62. The molecule has 1 aliphatic heterocycles. The van der Waals surface area contributed by atoms with Gasteiger partial charge in [0, 0.05) is 12.2 Å². The molecule has 2 aliphatic carbocycles. The number of hydrogen-bond donors (Lipinski definition) is 1. The molecule has 3 amide bonds. The van der Waals surface area contributed by atoms with E-state index in [4.69, 9.17) is 5.73 Å². The molecule has 0 atom stereocenters. The number of carbonyl (C=O) groups excluding carboxylic acids is 2. The fourth-order valence-corrected chi connectivity index (χ4v) is 5.19. The highest BCUT2D eigenvalue weighted by Gasteiger charge is 2.66. The summed E-state index contributed by atoms with van der Waals surface area (Å²) in [6.07, 6.45) is 5.13. The normalized spacial score (nSPS) is 30.1. The molecule has 1 spiro atoms. The zero-order chi connectivity index (χ0) is 20.1. The average Bonchev–Trinajstić information content (AvgIpc) is 2.78. The fraction of sp³-hybridized carbons (Fsp3) is 0.545.